The Bertz CT molecular complexity index is 1330. The molecule has 1 unspecified atom stereocenters. The number of carbonyl (C=O) groups excluding carboxylic acids is 3. The van der Waals surface area contributed by atoms with E-state index in [0.29, 0.717) is 21.9 Å². The second-order valence-electron chi connectivity index (χ2n) is 7.90. The summed E-state index contributed by atoms with van der Waals surface area (Å²) < 4.78 is 10.3. The van der Waals surface area contributed by atoms with E-state index in [1.54, 1.807) is 60.7 Å². The minimum Gasteiger partial charge on any atom is -0.469 e. The number of hydrogen-bond acceptors (Lipinski definition) is 5. The standard InChI is InChI=1S/C27H23ClN2O5/c1-34-26(32)16-22(20-7-3-4-8-21(20)28)30-25(31)14-17-10-12-19(13-11-17)29-27(33)24-15-18-6-2-5-9-23(18)35-24/h2-13,15,22H,14,16H2,1H3,(H,29,33)(H,30,31). The van der Waals surface area contributed by atoms with E-state index in [-0.39, 0.29) is 30.4 Å². The molecule has 2 N–H and O–H groups in total. The largest absolute Gasteiger partial charge is 0.469 e. The molecule has 0 bridgehead atoms. The second-order valence-corrected chi connectivity index (χ2v) is 8.31. The van der Waals surface area contributed by atoms with Gasteiger partial charge in [0, 0.05) is 16.1 Å². The molecule has 4 rings (SSSR count). The molecule has 0 aliphatic heterocycles. The predicted octanol–water partition coefficient (Wildman–Crippen LogP) is 5.30. The highest BCUT2D eigenvalue weighted by Gasteiger charge is 2.21. The number of benzene rings is 3. The first-order chi connectivity index (χ1) is 16.9. The fraction of sp³-hybridized carbons (Fsp3) is 0.148. The Kier molecular flexibility index (Phi) is 7.48. The number of furan rings is 1. The molecule has 0 spiro atoms. The lowest BCUT2D eigenvalue weighted by Gasteiger charge is -2.19. The van der Waals surface area contributed by atoms with Crippen LogP contribution in [0, 0.1) is 0 Å². The Balaban J connectivity index is 1.38. The third kappa shape index (κ3) is 6.07. The van der Waals surface area contributed by atoms with Gasteiger partial charge in [0.1, 0.15) is 5.58 Å². The summed E-state index contributed by atoms with van der Waals surface area (Å²) in [4.78, 5) is 37.1. The van der Waals surface area contributed by atoms with E-state index in [4.69, 9.17) is 20.8 Å². The Labute approximate surface area is 207 Å². The van der Waals surface area contributed by atoms with Crippen molar-refractivity contribution < 1.29 is 23.5 Å². The van der Waals surface area contributed by atoms with Gasteiger partial charge in [-0.3, -0.25) is 14.4 Å². The first-order valence-corrected chi connectivity index (χ1v) is 11.3. The average Bonchev–Trinajstić information content (AvgIpc) is 3.30. The Morgan fingerprint density at radius 2 is 1.69 bits per heavy atom. The van der Waals surface area contributed by atoms with Crippen molar-refractivity contribution in [3.8, 4) is 0 Å². The molecular formula is C27H23ClN2O5. The summed E-state index contributed by atoms with van der Waals surface area (Å²) in [6, 6.07) is 22.4. The lowest BCUT2D eigenvalue weighted by Crippen LogP contribution is -2.31. The molecule has 4 aromatic rings. The number of carbonyl (C=O) groups is 3. The highest BCUT2D eigenvalue weighted by atomic mass is 35.5. The third-order valence-electron chi connectivity index (χ3n) is 5.44. The summed E-state index contributed by atoms with van der Waals surface area (Å²) in [5.41, 5.74) is 2.58. The van der Waals surface area contributed by atoms with Crippen LogP contribution < -0.4 is 10.6 Å². The molecule has 3 aromatic carbocycles. The lowest BCUT2D eigenvalue weighted by atomic mass is 10.0. The van der Waals surface area contributed by atoms with Crippen LogP contribution in [0.1, 0.15) is 34.1 Å². The molecule has 0 saturated carbocycles. The van der Waals surface area contributed by atoms with Crippen LogP contribution >= 0.6 is 11.6 Å². The summed E-state index contributed by atoms with van der Waals surface area (Å²) in [5.74, 6) is -0.888. The van der Waals surface area contributed by atoms with Crippen molar-refractivity contribution in [3.63, 3.8) is 0 Å². The minimum absolute atomic E-state index is 0.0429. The molecule has 0 radical (unpaired) electrons. The normalized spacial score (nSPS) is 11.6. The van der Waals surface area contributed by atoms with Crippen molar-refractivity contribution in [2.24, 2.45) is 0 Å². The maximum absolute atomic E-state index is 12.7. The molecule has 1 heterocycles. The van der Waals surface area contributed by atoms with Crippen molar-refractivity contribution >= 4 is 46.0 Å². The van der Waals surface area contributed by atoms with Crippen LogP contribution in [0.4, 0.5) is 5.69 Å². The summed E-state index contributed by atoms with van der Waals surface area (Å²) in [6.45, 7) is 0. The van der Waals surface area contributed by atoms with E-state index in [2.05, 4.69) is 10.6 Å². The van der Waals surface area contributed by atoms with E-state index in [1.165, 1.54) is 7.11 Å². The number of methoxy groups -OCH3 is 1. The van der Waals surface area contributed by atoms with Gasteiger partial charge < -0.3 is 19.8 Å². The lowest BCUT2D eigenvalue weighted by molar-refractivity contribution is -0.141. The summed E-state index contributed by atoms with van der Waals surface area (Å²) in [7, 11) is 1.29. The molecule has 8 heteroatoms. The molecule has 0 saturated heterocycles. The van der Waals surface area contributed by atoms with E-state index in [0.717, 1.165) is 10.9 Å². The number of esters is 1. The van der Waals surface area contributed by atoms with Crippen LogP contribution in [0.5, 0.6) is 0 Å². The highest BCUT2D eigenvalue weighted by molar-refractivity contribution is 6.31. The van der Waals surface area contributed by atoms with Gasteiger partial charge in [-0.25, -0.2) is 0 Å². The molecule has 0 aliphatic rings. The van der Waals surface area contributed by atoms with E-state index in [9.17, 15) is 14.4 Å². The van der Waals surface area contributed by atoms with Crippen LogP contribution in [-0.2, 0) is 20.7 Å². The van der Waals surface area contributed by atoms with E-state index >= 15 is 0 Å². The molecule has 0 fully saturated rings. The highest BCUT2D eigenvalue weighted by Crippen LogP contribution is 2.26. The summed E-state index contributed by atoms with van der Waals surface area (Å²) in [5, 5.41) is 6.95. The maximum Gasteiger partial charge on any atom is 0.307 e. The summed E-state index contributed by atoms with van der Waals surface area (Å²) in [6.07, 6.45) is 0.0403. The van der Waals surface area contributed by atoms with Crippen molar-refractivity contribution in [2.75, 3.05) is 12.4 Å². The summed E-state index contributed by atoms with van der Waals surface area (Å²) >= 11 is 6.27. The number of halogens is 1. The fourth-order valence-electron chi connectivity index (χ4n) is 3.67. The zero-order valence-corrected chi connectivity index (χ0v) is 19.7. The minimum atomic E-state index is -0.619. The van der Waals surface area contributed by atoms with Crippen molar-refractivity contribution in [2.45, 2.75) is 18.9 Å². The first-order valence-electron chi connectivity index (χ1n) is 10.9. The Hall–Kier alpha value is -4.10. The van der Waals surface area contributed by atoms with Gasteiger partial charge >= 0.3 is 5.97 Å². The average molecular weight is 491 g/mol. The second kappa shape index (κ2) is 10.9. The number of ether oxygens (including phenoxy) is 1. The van der Waals surface area contributed by atoms with Crippen molar-refractivity contribution in [3.05, 3.63) is 101 Å². The number of anilines is 1. The van der Waals surface area contributed by atoms with E-state index in [1.807, 2.05) is 18.2 Å². The molecule has 1 atom stereocenters. The van der Waals surface area contributed by atoms with Gasteiger partial charge in [0.05, 0.1) is 26.0 Å². The number of amides is 2. The van der Waals surface area contributed by atoms with Gasteiger partial charge in [0.15, 0.2) is 5.76 Å². The topological polar surface area (TPSA) is 97.6 Å². The predicted molar refractivity (Wildman–Crippen MR) is 133 cm³/mol. The van der Waals surface area contributed by atoms with Gasteiger partial charge in [0.25, 0.3) is 5.91 Å². The van der Waals surface area contributed by atoms with Gasteiger partial charge in [-0.05, 0) is 41.5 Å². The Morgan fingerprint density at radius 3 is 2.40 bits per heavy atom. The molecule has 178 valence electrons. The zero-order chi connectivity index (χ0) is 24.8. The first kappa shape index (κ1) is 24.0. The van der Waals surface area contributed by atoms with Crippen LogP contribution in [0.15, 0.2) is 83.3 Å². The zero-order valence-electron chi connectivity index (χ0n) is 18.9. The van der Waals surface area contributed by atoms with Crippen LogP contribution in [0.3, 0.4) is 0 Å². The number of hydrogen-bond donors (Lipinski definition) is 2. The Morgan fingerprint density at radius 1 is 0.971 bits per heavy atom. The van der Waals surface area contributed by atoms with Crippen LogP contribution in [0.2, 0.25) is 5.02 Å². The number of fused-ring (bicyclic) bond motifs is 1. The SMILES string of the molecule is COC(=O)CC(NC(=O)Cc1ccc(NC(=O)c2cc3ccccc3o2)cc1)c1ccccc1Cl. The van der Waals surface area contributed by atoms with Gasteiger partial charge in [-0.1, -0.05) is 60.1 Å². The number of nitrogens with one attached hydrogen (secondary N) is 2. The number of rotatable bonds is 8. The van der Waals surface area contributed by atoms with Crippen molar-refractivity contribution in [1.82, 2.24) is 5.32 Å². The quantitative estimate of drug-likeness (QED) is 0.326. The molecule has 35 heavy (non-hydrogen) atoms. The van der Waals surface area contributed by atoms with Gasteiger partial charge in [0.2, 0.25) is 5.91 Å². The van der Waals surface area contributed by atoms with Crippen LogP contribution in [-0.4, -0.2) is 24.9 Å². The fourth-order valence-corrected chi connectivity index (χ4v) is 3.94. The third-order valence-corrected chi connectivity index (χ3v) is 5.78. The molecular weight excluding hydrogens is 468 g/mol. The van der Waals surface area contributed by atoms with Gasteiger partial charge in [-0.2, -0.15) is 0 Å². The molecule has 0 aliphatic carbocycles. The molecule has 2 amide bonds. The molecule has 1 aromatic heterocycles. The maximum atomic E-state index is 12.7. The smallest absolute Gasteiger partial charge is 0.307 e. The van der Waals surface area contributed by atoms with E-state index < -0.39 is 12.0 Å². The van der Waals surface area contributed by atoms with Gasteiger partial charge in [-0.15, -0.1) is 0 Å². The van der Waals surface area contributed by atoms with Crippen molar-refractivity contribution in [1.29, 1.82) is 0 Å². The molecule has 7 nitrogen and oxygen atoms in total. The number of para-hydroxylation sites is 1. The monoisotopic (exact) mass is 490 g/mol. The van der Waals surface area contributed by atoms with Crippen LogP contribution in [0.25, 0.3) is 11.0 Å².